The van der Waals surface area contributed by atoms with Crippen molar-refractivity contribution in [2.75, 3.05) is 18.4 Å². The van der Waals surface area contributed by atoms with Crippen molar-refractivity contribution in [1.29, 1.82) is 0 Å². The average molecular weight is 395 g/mol. The Morgan fingerprint density at radius 1 is 1.14 bits per heavy atom. The quantitative estimate of drug-likeness (QED) is 0.581. The smallest absolute Gasteiger partial charge is 0.291 e. The molecule has 0 bridgehead atoms. The minimum absolute atomic E-state index is 0.157. The number of amides is 1. The summed E-state index contributed by atoms with van der Waals surface area (Å²) < 4.78 is 5.28. The maximum absolute atomic E-state index is 12.6. The van der Waals surface area contributed by atoms with Crippen molar-refractivity contribution >= 4 is 22.2 Å². The summed E-state index contributed by atoms with van der Waals surface area (Å²) in [6.45, 7) is 4.33. The Morgan fingerprint density at radius 2 is 1.93 bits per heavy atom. The van der Waals surface area contributed by atoms with Gasteiger partial charge in [0.05, 0.1) is 12.3 Å². The SMILES string of the molecule is CCc1cc(C(c2ccccc2)N2CCCCC2)c(NC(=O)c2ccco2)s1. The summed E-state index contributed by atoms with van der Waals surface area (Å²) in [5.41, 5.74) is 2.47. The molecule has 146 valence electrons. The van der Waals surface area contributed by atoms with Crippen LogP contribution in [0.5, 0.6) is 0 Å². The van der Waals surface area contributed by atoms with Crippen LogP contribution in [0.2, 0.25) is 0 Å². The molecule has 0 aliphatic carbocycles. The van der Waals surface area contributed by atoms with Gasteiger partial charge in [0.25, 0.3) is 5.91 Å². The number of anilines is 1. The van der Waals surface area contributed by atoms with Crippen LogP contribution in [-0.4, -0.2) is 23.9 Å². The molecule has 3 heterocycles. The highest BCUT2D eigenvalue weighted by Gasteiger charge is 2.28. The number of rotatable bonds is 6. The fraction of sp³-hybridized carbons (Fsp3) is 0.348. The molecule has 0 radical (unpaired) electrons. The van der Waals surface area contributed by atoms with Crippen LogP contribution in [0.15, 0.2) is 59.2 Å². The Hall–Kier alpha value is -2.37. The number of hydrogen-bond donors (Lipinski definition) is 1. The van der Waals surface area contributed by atoms with E-state index in [1.54, 1.807) is 23.5 Å². The number of nitrogens with zero attached hydrogens (tertiary/aromatic N) is 1. The summed E-state index contributed by atoms with van der Waals surface area (Å²) in [7, 11) is 0. The predicted octanol–water partition coefficient (Wildman–Crippen LogP) is 5.73. The number of furan rings is 1. The molecular weight excluding hydrogens is 368 g/mol. The third-order valence-corrected chi connectivity index (χ3v) is 6.51. The zero-order chi connectivity index (χ0) is 19.3. The fourth-order valence-electron chi connectivity index (χ4n) is 3.90. The van der Waals surface area contributed by atoms with Crippen molar-refractivity contribution in [1.82, 2.24) is 4.90 Å². The topological polar surface area (TPSA) is 45.5 Å². The Kier molecular flexibility index (Phi) is 5.93. The first-order valence-corrected chi connectivity index (χ1v) is 10.8. The van der Waals surface area contributed by atoms with Gasteiger partial charge in [-0.05, 0) is 56.1 Å². The molecule has 0 saturated carbocycles. The first-order valence-electron chi connectivity index (χ1n) is 10.0. The summed E-state index contributed by atoms with van der Waals surface area (Å²) >= 11 is 1.67. The van der Waals surface area contributed by atoms with Gasteiger partial charge >= 0.3 is 0 Å². The summed E-state index contributed by atoms with van der Waals surface area (Å²) in [6, 6.07) is 16.5. The van der Waals surface area contributed by atoms with Crippen LogP contribution in [0.3, 0.4) is 0 Å². The molecule has 1 amide bonds. The van der Waals surface area contributed by atoms with E-state index < -0.39 is 0 Å². The van der Waals surface area contributed by atoms with E-state index in [0.717, 1.165) is 24.5 Å². The summed E-state index contributed by atoms with van der Waals surface area (Å²) in [4.78, 5) is 16.5. The van der Waals surface area contributed by atoms with Crippen LogP contribution >= 0.6 is 11.3 Å². The molecule has 1 aromatic carbocycles. The van der Waals surface area contributed by atoms with Crippen molar-refractivity contribution in [2.24, 2.45) is 0 Å². The molecule has 1 aliphatic heterocycles. The number of nitrogens with one attached hydrogen (secondary N) is 1. The van der Waals surface area contributed by atoms with Gasteiger partial charge in [0, 0.05) is 10.4 Å². The minimum Gasteiger partial charge on any atom is -0.459 e. The predicted molar refractivity (Wildman–Crippen MR) is 114 cm³/mol. The highest BCUT2D eigenvalue weighted by molar-refractivity contribution is 7.16. The van der Waals surface area contributed by atoms with Crippen LogP contribution in [0, 0.1) is 0 Å². The van der Waals surface area contributed by atoms with Gasteiger partial charge in [-0.2, -0.15) is 0 Å². The standard InChI is InChI=1S/C23H26N2O2S/c1-2-18-16-19(23(28-18)24-22(26)20-12-9-15-27-20)21(17-10-5-3-6-11-17)25-13-7-4-8-14-25/h3,5-6,9-12,15-16,21H,2,4,7-8,13-14H2,1H3,(H,24,26). The monoisotopic (exact) mass is 394 g/mol. The molecule has 2 aromatic heterocycles. The van der Waals surface area contributed by atoms with Crippen molar-refractivity contribution in [3.05, 3.63) is 76.6 Å². The number of hydrogen-bond acceptors (Lipinski definition) is 4. The zero-order valence-corrected chi connectivity index (χ0v) is 17.0. The van der Waals surface area contributed by atoms with E-state index in [1.807, 2.05) is 0 Å². The molecule has 1 unspecified atom stereocenters. The molecule has 1 N–H and O–H groups in total. The Labute approximate surface area is 170 Å². The summed E-state index contributed by atoms with van der Waals surface area (Å²) in [6.07, 6.45) is 6.23. The molecule has 4 nitrogen and oxygen atoms in total. The van der Waals surface area contributed by atoms with E-state index >= 15 is 0 Å². The first-order chi connectivity index (χ1) is 13.8. The lowest BCUT2D eigenvalue weighted by Gasteiger charge is -2.35. The minimum atomic E-state index is -0.193. The first kappa shape index (κ1) is 19.0. The lowest BCUT2D eigenvalue weighted by Crippen LogP contribution is -2.34. The van der Waals surface area contributed by atoms with Crippen molar-refractivity contribution in [3.8, 4) is 0 Å². The van der Waals surface area contributed by atoms with E-state index in [1.165, 1.54) is 41.5 Å². The van der Waals surface area contributed by atoms with Crippen LogP contribution in [-0.2, 0) is 6.42 Å². The second-order valence-corrected chi connectivity index (χ2v) is 8.33. The van der Waals surface area contributed by atoms with Crippen LogP contribution in [0.1, 0.15) is 58.8 Å². The molecule has 1 aliphatic rings. The normalized spacial score (nSPS) is 16.0. The highest BCUT2D eigenvalue weighted by atomic mass is 32.1. The second-order valence-electron chi connectivity index (χ2n) is 7.19. The van der Waals surface area contributed by atoms with Gasteiger partial charge in [-0.1, -0.05) is 43.7 Å². The van der Waals surface area contributed by atoms with Gasteiger partial charge in [0.2, 0.25) is 0 Å². The van der Waals surface area contributed by atoms with Gasteiger partial charge in [-0.25, -0.2) is 0 Å². The molecule has 3 aromatic rings. The van der Waals surface area contributed by atoms with E-state index in [4.69, 9.17) is 4.42 Å². The van der Waals surface area contributed by atoms with Gasteiger partial charge in [0.1, 0.15) is 5.00 Å². The zero-order valence-electron chi connectivity index (χ0n) is 16.2. The molecule has 0 spiro atoms. The van der Waals surface area contributed by atoms with Gasteiger partial charge in [-0.15, -0.1) is 11.3 Å². The number of thiophene rings is 1. The third kappa shape index (κ3) is 4.05. The van der Waals surface area contributed by atoms with E-state index in [9.17, 15) is 4.79 Å². The van der Waals surface area contributed by atoms with Crippen LogP contribution in [0.4, 0.5) is 5.00 Å². The van der Waals surface area contributed by atoms with Crippen molar-refractivity contribution < 1.29 is 9.21 Å². The Morgan fingerprint density at radius 3 is 2.61 bits per heavy atom. The summed E-state index contributed by atoms with van der Waals surface area (Å²) in [5, 5.41) is 4.04. The number of carbonyl (C=O) groups excluding carboxylic acids is 1. The van der Waals surface area contributed by atoms with E-state index in [0.29, 0.717) is 5.76 Å². The van der Waals surface area contributed by atoms with Gasteiger partial charge in [-0.3, -0.25) is 9.69 Å². The number of benzene rings is 1. The van der Waals surface area contributed by atoms with E-state index in [2.05, 4.69) is 53.5 Å². The van der Waals surface area contributed by atoms with Gasteiger partial charge < -0.3 is 9.73 Å². The molecule has 1 fully saturated rings. The second kappa shape index (κ2) is 8.76. The number of piperidine rings is 1. The van der Waals surface area contributed by atoms with Crippen LogP contribution < -0.4 is 5.32 Å². The summed E-state index contributed by atoms with van der Waals surface area (Å²) in [5.74, 6) is 0.146. The molecule has 1 atom stereocenters. The number of aryl methyl sites for hydroxylation is 1. The molecule has 28 heavy (non-hydrogen) atoms. The lowest BCUT2D eigenvalue weighted by atomic mass is 9.96. The van der Waals surface area contributed by atoms with Crippen molar-refractivity contribution in [3.63, 3.8) is 0 Å². The largest absolute Gasteiger partial charge is 0.459 e. The van der Waals surface area contributed by atoms with Gasteiger partial charge in [0.15, 0.2) is 5.76 Å². The average Bonchev–Trinajstić information content (AvgIpc) is 3.41. The highest BCUT2D eigenvalue weighted by Crippen LogP contribution is 2.40. The lowest BCUT2D eigenvalue weighted by molar-refractivity contribution is 0.0996. The van der Waals surface area contributed by atoms with Crippen LogP contribution in [0.25, 0.3) is 0 Å². The Balaban J connectivity index is 1.72. The third-order valence-electron chi connectivity index (χ3n) is 5.30. The van der Waals surface area contributed by atoms with E-state index in [-0.39, 0.29) is 11.9 Å². The molecule has 4 rings (SSSR count). The number of carbonyl (C=O) groups is 1. The molecule has 1 saturated heterocycles. The molecular formula is C23H26N2O2S. The number of likely N-dealkylation sites (tertiary alicyclic amines) is 1. The maximum Gasteiger partial charge on any atom is 0.291 e. The molecule has 5 heteroatoms. The fourth-order valence-corrected chi connectivity index (χ4v) is 4.93. The maximum atomic E-state index is 12.6. The Bertz CT molecular complexity index is 896. The van der Waals surface area contributed by atoms with Crippen molar-refractivity contribution in [2.45, 2.75) is 38.6 Å².